The van der Waals surface area contributed by atoms with Gasteiger partial charge in [0.25, 0.3) is 0 Å². The van der Waals surface area contributed by atoms with Gasteiger partial charge in [-0.3, -0.25) is 0 Å². The average Bonchev–Trinajstić information content (AvgIpc) is 3.33. The molecule has 2 aromatic carbocycles. The summed E-state index contributed by atoms with van der Waals surface area (Å²) >= 11 is 0. The first-order valence-corrected chi connectivity index (χ1v) is 10.4. The van der Waals surface area contributed by atoms with Crippen LogP contribution in [0.15, 0.2) is 42.5 Å². The summed E-state index contributed by atoms with van der Waals surface area (Å²) in [7, 11) is 0. The minimum absolute atomic E-state index is 0.185. The maximum atomic E-state index is 12.8. The van der Waals surface area contributed by atoms with Crippen LogP contribution in [0.1, 0.15) is 30.9 Å². The summed E-state index contributed by atoms with van der Waals surface area (Å²) < 4.78 is 84.0. The lowest BCUT2D eigenvalue weighted by Crippen LogP contribution is -2.44. The van der Waals surface area contributed by atoms with Crippen molar-refractivity contribution in [3.63, 3.8) is 0 Å². The van der Waals surface area contributed by atoms with Gasteiger partial charge in [-0.05, 0) is 61.7 Å². The lowest BCUT2D eigenvalue weighted by Gasteiger charge is -2.44. The molecule has 2 aromatic rings. The number of halogens is 6. The molecule has 0 N–H and O–H groups in total. The molecule has 4 nitrogen and oxygen atoms in total. The van der Waals surface area contributed by atoms with Gasteiger partial charge in [0, 0.05) is 42.0 Å². The maximum absolute atomic E-state index is 12.8. The topological polar surface area (TPSA) is 24.9 Å². The molecule has 0 aromatic heterocycles. The summed E-state index contributed by atoms with van der Waals surface area (Å²) in [5, 5.41) is 0. The first-order valence-electron chi connectivity index (χ1n) is 10.4. The molecule has 32 heavy (non-hydrogen) atoms. The third-order valence-corrected chi connectivity index (χ3v) is 6.50. The minimum atomic E-state index is -4.79. The molecule has 2 saturated heterocycles. The summed E-state index contributed by atoms with van der Waals surface area (Å²) in [6, 6.07) is 10.2. The fourth-order valence-electron chi connectivity index (χ4n) is 5.51. The number of anilines is 2. The van der Waals surface area contributed by atoms with E-state index in [4.69, 9.17) is 0 Å². The SMILES string of the molecule is FC(F)(F)Oc1ccc(N2CC[C@@H]3[C@@H]4CCCN4c4ccc(OC(F)(F)F)cc4[C@@H]32)cc1. The molecule has 0 aliphatic carbocycles. The van der Waals surface area contributed by atoms with E-state index in [1.807, 2.05) is 0 Å². The largest absolute Gasteiger partial charge is 0.573 e. The summed E-state index contributed by atoms with van der Waals surface area (Å²) in [4.78, 5) is 4.34. The van der Waals surface area contributed by atoms with E-state index >= 15 is 0 Å². The fraction of sp³-hybridized carbons (Fsp3) is 0.455. The van der Waals surface area contributed by atoms with Gasteiger partial charge >= 0.3 is 12.7 Å². The van der Waals surface area contributed by atoms with Gasteiger partial charge in [0.1, 0.15) is 11.5 Å². The first-order chi connectivity index (χ1) is 15.1. The van der Waals surface area contributed by atoms with Gasteiger partial charge in [-0.1, -0.05) is 0 Å². The van der Waals surface area contributed by atoms with E-state index in [1.165, 1.54) is 24.3 Å². The number of nitrogens with zero attached hydrogens (tertiary/aromatic N) is 2. The highest BCUT2D eigenvalue weighted by Crippen LogP contribution is 2.53. The zero-order valence-electron chi connectivity index (χ0n) is 16.8. The summed E-state index contributed by atoms with van der Waals surface area (Å²) in [5.74, 6) is -0.380. The normalized spacial score (nSPS) is 24.8. The van der Waals surface area contributed by atoms with Crippen LogP contribution < -0.4 is 19.3 Å². The third kappa shape index (κ3) is 3.91. The van der Waals surface area contributed by atoms with Gasteiger partial charge in [-0.15, -0.1) is 26.3 Å². The van der Waals surface area contributed by atoms with Crippen molar-refractivity contribution in [3.8, 4) is 11.5 Å². The van der Waals surface area contributed by atoms with Gasteiger partial charge < -0.3 is 19.3 Å². The molecule has 172 valence electrons. The number of benzene rings is 2. The second kappa shape index (κ2) is 7.38. The van der Waals surface area contributed by atoms with Gasteiger partial charge in [0.05, 0.1) is 6.04 Å². The van der Waals surface area contributed by atoms with Crippen LogP contribution in [0.25, 0.3) is 0 Å². The quantitative estimate of drug-likeness (QED) is 0.524. The van der Waals surface area contributed by atoms with Crippen LogP contribution in [0.3, 0.4) is 0 Å². The second-order valence-electron chi connectivity index (χ2n) is 8.30. The van der Waals surface area contributed by atoms with Crippen molar-refractivity contribution in [1.29, 1.82) is 0 Å². The summed E-state index contributed by atoms with van der Waals surface area (Å²) in [5.41, 5.74) is 2.35. The monoisotopic (exact) mass is 458 g/mol. The zero-order valence-corrected chi connectivity index (χ0v) is 16.8. The Hall–Kier alpha value is -2.78. The average molecular weight is 458 g/mol. The van der Waals surface area contributed by atoms with Gasteiger partial charge in [0.2, 0.25) is 0 Å². The lowest BCUT2D eigenvalue weighted by atomic mass is 9.81. The molecule has 2 fully saturated rings. The Morgan fingerprint density at radius 3 is 2.09 bits per heavy atom. The molecular formula is C22H20F6N2O2. The van der Waals surface area contributed by atoms with Crippen molar-refractivity contribution in [2.45, 2.75) is 44.1 Å². The maximum Gasteiger partial charge on any atom is 0.573 e. The van der Waals surface area contributed by atoms with Gasteiger partial charge in [0.15, 0.2) is 0 Å². The van der Waals surface area contributed by atoms with E-state index in [2.05, 4.69) is 19.3 Å². The van der Waals surface area contributed by atoms with Crippen LogP contribution >= 0.6 is 0 Å². The molecule has 0 radical (unpaired) electrons. The molecule has 3 aliphatic heterocycles. The molecule has 3 aliphatic rings. The molecule has 5 rings (SSSR count). The highest BCUT2D eigenvalue weighted by Gasteiger charge is 2.49. The molecule has 0 spiro atoms. The fourth-order valence-corrected chi connectivity index (χ4v) is 5.51. The van der Waals surface area contributed by atoms with Gasteiger partial charge in [-0.25, -0.2) is 0 Å². The smallest absolute Gasteiger partial charge is 0.406 e. The number of fused-ring (bicyclic) bond motifs is 6. The van der Waals surface area contributed by atoms with Crippen molar-refractivity contribution in [2.24, 2.45) is 5.92 Å². The van der Waals surface area contributed by atoms with E-state index in [1.54, 1.807) is 18.2 Å². The van der Waals surface area contributed by atoms with E-state index in [0.717, 1.165) is 37.1 Å². The van der Waals surface area contributed by atoms with Crippen molar-refractivity contribution < 1.29 is 35.8 Å². The molecule has 3 atom stereocenters. The molecule has 0 unspecified atom stereocenters. The minimum Gasteiger partial charge on any atom is -0.406 e. The Labute approximate surface area is 180 Å². The molecule has 0 saturated carbocycles. The van der Waals surface area contributed by atoms with Crippen LogP contribution in [0.5, 0.6) is 11.5 Å². The van der Waals surface area contributed by atoms with Crippen LogP contribution in [0.2, 0.25) is 0 Å². The Morgan fingerprint density at radius 1 is 0.750 bits per heavy atom. The predicted octanol–water partition coefficient (Wildman–Crippen LogP) is 6.03. The lowest BCUT2D eigenvalue weighted by molar-refractivity contribution is -0.275. The van der Waals surface area contributed by atoms with Crippen molar-refractivity contribution >= 4 is 11.4 Å². The van der Waals surface area contributed by atoms with Crippen LogP contribution in [-0.2, 0) is 0 Å². The molecule has 0 bridgehead atoms. The van der Waals surface area contributed by atoms with E-state index in [-0.39, 0.29) is 23.5 Å². The van der Waals surface area contributed by atoms with E-state index < -0.39 is 12.7 Å². The summed E-state index contributed by atoms with van der Waals surface area (Å²) in [6.45, 7) is 1.51. The number of hydrogen-bond donors (Lipinski definition) is 0. The molecular weight excluding hydrogens is 438 g/mol. The Bertz CT molecular complexity index is 991. The highest BCUT2D eigenvalue weighted by molar-refractivity contribution is 5.65. The number of alkyl halides is 6. The van der Waals surface area contributed by atoms with E-state index in [9.17, 15) is 26.3 Å². The predicted molar refractivity (Wildman–Crippen MR) is 105 cm³/mol. The number of hydrogen-bond acceptors (Lipinski definition) is 4. The van der Waals surface area contributed by atoms with Crippen LogP contribution in [-0.4, -0.2) is 31.9 Å². The Kier molecular flexibility index (Phi) is 4.86. The second-order valence-corrected chi connectivity index (χ2v) is 8.30. The summed E-state index contributed by atoms with van der Waals surface area (Å²) in [6.07, 6.45) is -6.70. The Balaban J connectivity index is 1.50. The van der Waals surface area contributed by atoms with Crippen molar-refractivity contribution in [3.05, 3.63) is 48.0 Å². The zero-order chi connectivity index (χ0) is 22.7. The van der Waals surface area contributed by atoms with Crippen LogP contribution in [0.4, 0.5) is 37.7 Å². The molecule has 3 heterocycles. The molecule has 0 amide bonds. The van der Waals surface area contributed by atoms with Crippen molar-refractivity contribution in [2.75, 3.05) is 22.9 Å². The van der Waals surface area contributed by atoms with E-state index in [0.29, 0.717) is 18.3 Å². The first kappa shape index (κ1) is 21.1. The standard InChI is InChI=1S/C22H20F6N2O2/c23-21(24,25)31-14-5-3-13(4-6-14)29-11-9-16-18-2-1-10-30(18)19-8-7-15(32-22(26,27)28)12-17(19)20(16)29/h3-8,12,16,18,20H,1-2,9-11H2/t16-,18+,20-/m1/s1. The highest BCUT2D eigenvalue weighted by atomic mass is 19.4. The third-order valence-electron chi connectivity index (χ3n) is 6.50. The Morgan fingerprint density at radius 2 is 1.41 bits per heavy atom. The van der Waals surface area contributed by atoms with Crippen molar-refractivity contribution in [1.82, 2.24) is 0 Å². The number of ether oxygens (including phenoxy) is 2. The molecule has 10 heteroatoms. The number of rotatable bonds is 3. The van der Waals surface area contributed by atoms with Crippen LogP contribution in [0, 0.1) is 5.92 Å². The van der Waals surface area contributed by atoms with Gasteiger partial charge in [-0.2, -0.15) is 0 Å².